The summed E-state index contributed by atoms with van der Waals surface area (Å²) < 4.78 is 86.1. The molecule has 2 atom stereocenters. The average Bonchev–Trinajstić information content (AvgIpc) is 3.66. The Morgan fingerprint density at radius 1 is 0.930 bits per heavy atom. The van der Waals surface area contributed by atoms with Crippen LogP contribution in [-0.4, -0.2) is 99.3 Å². The van der Waals surface area contributed by atoms with Crippen molar-refractivity contribution in [3.63, 3.8) is 0 Å². The maximum Gasteiger partial charge on any atom is 0.485 e. The van der Waals surface area contributed by atoms with E-state index in [-0.39, 0.29) is 23.8 Å². The molecule has 0 spiro atoms. The predicted octanol–water partition coefficient (Wildman–Crippen LogP) is 4.72. The quantitative estimate of drug-likeness (QED) is 0.0952. The third-order valence-electron chi connectivity index (χ3n) is 8.05. The van der Waals surface area contributed by atoms with E-state index in [1.54, 1.807) is 49.9 Å². The minimum Gasteiger partial charge on any atom is -0.741 e. The summed E-state index contributed by atoms with van der Waals surface area (Å²) in [4.78, 5) is 58.9. The maximum absolute atomic E-state index is 13.1. The fourth-order valence-corrected chi connectivity index (χ4v) is 5.55. The van der Waals surface area contributed by atoms with Crippen LogP contribution in [0.1, 0.15) is 76.1 Å². The molecule has 20 heteroatoms. The molecule has 1 fully saturated rings. The molecule has 57 heavy (non-hydrogen) atoms. The van der Waals surface area contributed by atoms with E-state index in [0.29, 0.717) is 23.9 Å². The number of amides is 3. The van der Waals surface area contributed by atoms with Crippen molar-refractivity contribution in [3.8, 4) is 16.9 Å². The molecule has 3 aromatic rings. The molecular weight excluding hydrogens is 781 g/mol. The number of esters is 1. The second kappa shape index (κ2) is 16.4. The second-order valence-electron chi connectivity index (χ2n) is 15.5. The highest BCUT2D eigenvalue weighted by Crippen LogP contribution is 2.30. The van der Waals surface area contributed by atoms with Crippen molar-refractivity contribution in [2.75, 3.05) is 13.2 Å². The van der Waals surface area contributed by atoms with Crippen molar-refractivity contribution in [1.82, 2.24) is 14.6 Å². The summed E-state index contributed by atoms with van der Waals surface area (Å²) in [7, 11) is -4.16. The summed E-state index contributed by atoms with van der Waals surface area (Å²) >= 11 is 0. The largest absolute Gasteiger partial charge is 0.741 e. The van der Waals surface area contributed by atoms with Crippen molar-refractivity contribution in [1.29, 1.82) is 0 Å². The molecule has 0 aliphatic carbocycles. The summed E-state index contributed by atoms with van der Waals surface area (Å²) in [5.41, 5.74) is -5.67. The number of hydrogen-bond acceptors (Lipinski definition) is 12. The molecule has 2 aromatic carbocycles. The molecule has 5 rings (SSSR count). The topological polar surface area (TPSA) is 187 Å². The summed E-state index contributed by atoms with van der Waals surface area (Å²) in [5.74, 6) is -1.67. The Kier molecular flexibility index (Phi) is 12.9. The number of carbonyl (C=O) groups excluding carboxylic acids is 4. The van der Waals surface area contributed by atoms with E-state index in [1.807, 2.05) is 75.6 Å². The fraction of sp³-hybridized carbons (Fsp3) is 0.486. The van der Waals surface area contributed by atoms with Crippen LogP contribution in [0.15, 0.2) is 60.9 Å². The molecule has 1 aromatic heterocycles. The lowest BCUT2D eigenvalue weighted by Gasteiger charge is -2.31. The molecule has 312 valence electrons. The van der Waals surface area contributed by atoms with Crippen LogP contribution >= 0.6 is 0 Å². The lowest BCUT2D eigenvalue weighted by molar-refractivity contribution is -0.754. The van der Waals surface area contributed by atoms with Crippen LogP contribution in [0.3, 0.4) is 0 Å². The Morgan fingerprint density at radius 3 is 1.95 bits per heavy atom. The highest BCUT2D eigenvalue weighted by molar-refractivity contribution is 7.86. The molecule has 2 aliphatic heterocycles. The van der Waals surface area contributed by atoms with Gasteiger partial charge in [0.05, 0.1) is 29.4 Å². The number of ether oxygens (including phenoxy) is 4. The molecule has 0 saturated carbocycles. The van der Waals surface area contributed by atoms with Gasteiger partial charge < -0.3 is 23.5 Å². The van der Waals surface area contributed by atoms with Gasteiger partial charge in [0.15, 0.2) is 17.2 Å². The number of carbonyl (C=O) groups is 4. The van der Waals surface area contributed by atoms with Gasteiger partial charge in [-0.3, -0.25) is 14.5 Å². The molecule has 2 unspecified atom stereocenters. The average molecular weight is 827 g/mol. The number of hydrogen-bond donors (Lipinski definition) is 0. The lowest BCUT2D eigenvalue weighted by atomic mass is 10.1. The molecule has 3 heterocycles. The van der Waals surface area contributed by atoms with Gasteiger partial charge in [0.2, 0.25) is 12.3 Å². The minimum atomic E-state index is -6.09. The number of alkyl halides is 3. The molecule has 1 saturated heterocycles. The van der Waals surface area contributed by atoms with Gasteiger partial charge in [0.25, 0.3) is 11.8 Å². The summed E-state index contributed by atoms with van der Waals surface area (Å²) in [5, 5.41) is 0.586. The zero-order valence-corrected chi connectivity index (χ0v) is 33.6. The van der Waals surface area contributed by atoms with Crippen LogP contribution in [0.4, 0.5) is 18.0 Å². The Hall–Kier alpha value is -5.05. The van der Waals surface area contributed by atoms with E-state index in [2.05, 4.69) is 0 Å². The second-order valence-corrected chi connectivity index (χ2v) is 16.9. The van der Waals surface area contributed by atoms with Gasteiger partial charge in [-0.2, -0.15) is 17.9 Å². The van der Waals surface area contributed by atoms with Crippen LogP contribution in [-0.2, 0) is 47.6 Å². The Morgan fingerprint density at radius 2 is 1.46 bits per heavy atom. The summed E-state index contributed by atoms with van der Waals surface area (Å²) in [6.07, 6.45) is 1.92. The molecule has 2 aliphatic rings. The van der Waals surface area contributed by atoms with E-state index in [4.69, 9.17) is 36.8 Å². The zero-order chi connectivity index (χ0) is 42.9. The van der Waals surface area contributed by atoms with Gasteiger partial charge in [-0.15, -0.1) is 9.75 Å². The van der Waals surface area contributed by atoms with E-state index < -0.39 is 62.5 Å². The highest BCUT2D eigenvalue weighted by atomic mass is 32.2. The van der Waals surface area contributed by atoms with Crippen LogP contribution < -0.4 is 9.42 Å². The molecule has 0 radical (unpaired) electrons. The van der Waals surface area contributed by atoms with E-state index in [0.717, 1.165) is 11.1 Å². The highest BCUT2D eigenvalue weighted by Gasteiger charge is 2.45. The summed E-state index contributed by atoms with van der Waals surface area (Å²) in [6, 6.07) is 13.6. The van der Waals surface area contributed by atoms with E-state index >= 15 is 0 Å². The number of rotatable bonds is 9. The van der Waals surface area contributed by atoms with Crippen LogP contribution in [0.5, 0.6) is 5.75 Å². The number of hydroxylamine groups is 2. The Bertz CT molecular complexity index is 2050. The van der Waals surface area contributed by atoms with Crippen LogP contribution in [0.2, 0.25) is 0 Å². The molecule has 0 bridgehead atoms. The normalized spacial score (nSPS) is 17.5. The minimum absolute atomic E-state index is 0.191. The number of aromatic nitrogens is 2. The van der Waals surface area contributed by atoms with Gasteiger partial charge in [-0.25, -0.2) is 22.8 Å². The molecule has 3 amide bonds. The Balaban J connectivity index is 0.000000812. The van der Waals surface area contributed by atoms with Crippen molar-refractivity contribution >= 4 is 34.0 Å². The Labute approximate surface area is 327 Å². The third-order valence-corrected chi connectivity index (χ3v) is 8.61. The maximum atomic E-state index is 13.1. The van der Waals surface area contributed by atoms with Gasteiger partial charge in [0.1, 0.15) is 41.9 Å². The van der Waals surface area contributed by atoms with Gasteiger partial charge in [-0.1, -0.05) is 24.3 Å². The van der Waals surface area contributed by atoms with Gasteiger partial charge >= 0.3 is 17.6 Å². The van der Waals surface area contributed by atoms with Gasteiger partial charge in [0, 0.05) is 0 Å². The zero-order valence-electron chi connectivity index (χ0n) is 32.8. The predicted molar refractivity (Wildman–Crippen MR) is 192 cm³/mol. The number of halogens is 3. The molecular formula is C37H45F3N4O12S. The number of fused-ring (bicyclic) bond motifs is 1. The molecule has 16 nitrogen and oxygen atoms in total. The van der Waals surface area contributed by atoms with Crippen molar-refractivity contribution in [2.45, 2.75) is 96.6 Å². The van der Waals surface area contributed by atoms with Crippen molar-refractivity contribution in [2.24, 2.45) is 7.05 Å². The van der Waals surface area contributed by atoms with Gasteiger partial charge in [-0.05, 0) is 85.2 Å². The molecule has 0 N–H and O–H groups in total. The van der Waals surface area contributed by atoms with Crippen molar-refractivity contribution < 1.29 is 73.8 Å². The van der Waals surface area contributed by atoms with Crippen LogP contribution in [0, 0.1) is 0 Å². The number of benzene rings is 2. The lowest BCUT2D eigenvalue weighted by Crippen LogP contribution is -2.46. The first kappa shape index (κ1) is 44.7. The number of aryl methyl sites for hydroxylation is 1. The number of nitrogens with zero attached hydrogens (tertiary/aromatic N) is 4. The summed E-state index contributed by atoms with van der Waals surface area (Å²) in [6.45, 7) is 14.9. The number of imide groups is 1. The first-order chi connectivity index (χ1) is 26.1. The van der Waals surface area contributed by atoms with E-state index in [9.17, 15) is 32.3 Å². The fourth-order valence-electron chi connectivity index (χ4n) is 5.55. The standard InChI is InChI=1S/C36H45N4O9.CHF3O3S/c1-34(2,3)47-32(43)29(49-40-30(41)27-12-10-11-13-28(27)31(40)42)22-45-25-16-14-23(15-17-25)24-18-37(9)38(19-24)20-26-21-39(36(7,8)46-26)33(44)48-35(4,5)6;2-1(3,4)8(5,6)7/h10-19,26,29H,20-22H2,1-9H3;(H,5,6,7)/q+1;/p-1. The SMILES string of the molecule is C[n+]1cc(-c2ccc(OCC(ON3C(=O)c4ccccc4C3=O)C(=O)OC(C)(C)C)cc2)cn1CC1CN(C(=O)OC(C)(C)C)C(C)(C)O1.O=S(=O)([O-])C(F)(F)F. The third kappa shape index (κ3) is 11.5. The van der Waals surface area contributed by atoms with E-state index in [1.165, 1.54) is 12.1 Å². The first-order valence-electron chi connectivity index (χ1n) is 17.4. The smallest absolute Gasteiger partial charge is 0.485 e. The van der Waals surface area contributed by atoms with Crippen LogP contribution in [0.25, 0.3) is 11.1 Å². The first-order valence-corrected chi connectivity index (χ1v) is 18.8. The monoisotopic (exact) mass is 826 g/mol. The van der Waals surface area contributed by atoms with Crippen molar-refractivity contribution in [3.05, 3.63) is 72.1 Å².